The lowest BCUT2D eigenvalue weighted by atomic mass is 9.95. The third-order valence-electron chi connectivity index (χ3n) is 3.44. The molecule has 2 aliphatic rings. The molecule has 2 saturated carbocycles. The molecule has 3 N–H and O–H groups in total. The van der Waals surface area contributed by atoms with E-state index in [4.69, 9.17) is 10.8 Å². The summed E-state index contributed by atoms with van der Waals surface area (Å²) in [7, 11) is 0. The summed E-state index contributed by atoms with van der Waals surface area (Å²) in [5.74, 6) is -0.929. The lowest BCUT2D eigenvalue weighted by molar-refractivity contribution is -0.147. The largest absolute Gasteiger partial charge is 0.480 e. The topological polar surface area (TPSA) is 83.6 Å². The number of carbonyl (C=O) groups is 2. The zero-order chi connectivity index (χ0) is 11.9. The summed E-state index contributed by atoms with van der Waals surface area (Å²) in [6.45, 7) is 1.51. The van der Waals surface area contributed by atoms with Crippen LogP contribution in [0.3, 0.4) is 0 Å². The predicted molar refractivity (Wildman–Crippen MR) is 57.7 cm³/mol. The van der Waals surface area contributed by atoms with Crippen LogP contribution in [0.25, 0.3) is 0 Å². The molecule has 90 valence electrons. The first kappa shape index (κ1) is 11.4. The Kier molecular flexibility index (Phi) is 2.66. The molecule has 0 aromatic heterocycles. The van der Waals surface area contributed by atoms with Gasteiger partial charge in [0, 0.05) is 6.04 Å². The Bertz CT molecular complexity index is 319. The number of rotatable bonds is 5. The van der Waals surface area contributed by atoms with Gasteiger partial charge in [-0.25, -0.2) is 0 Å². The van der Waals surface area contributed by atoms with Crippen molar-refractivity contribution in [1.29, 1.82) is 0 Å². The second-order valence-corrected chi connectivity index (χ2v) is 5.11. The van der Waals surface area contributed by atoms with Crippen LogP contribution in [0.15, 0.2) is 0 Å². The number of carboxylic acid groups (broad SMARTS) is 1. The van der Waals surface area contributed by atoms with E-state index in [2.05, 4.69) is 0 Å². The SMILES string of the molecule is CC(N)(C(=O)N(CC(=O)O)C1CC1)C1CC1. The normalized spacial score (nSPS) is 23.6. The molecule has 0 spiro atoms. The standard InChI is InChI=1S/C11H18N2O3/c1-11(12,7-2-3-7)10(16)13(6-9(14)15)8-4-5-8/h7-8H,2-6,12H2,1H3,(H,14,15). The molecule has 2 rings (SSSR count). The maximum atomic E-state index is 12.2. The maximum absolute atomic E-state index is 12.2. The Morgan fingerprint density at radius 1 is 1.38 bits per heavy atom. The summed E-state index contributed by atoms with van der Waals surface area (Å²) in [6, 6.07) is 0.102. The summed E-state index contributed by atoms with van der Waals surface area (Å²) in [6.07, 6.45) is 3.76. The summed E-state index contributed by atoms with van der Waals surface area (Å²) in [4.78, 5) is 24.4. The van der Waals surface area contributed by atoms with Crippen molar-refractivity contribution in [2.24, 2.45) is 11.7 Å². The Balaban J connectivity index is 2.06. The smallest absolute Gasteiger partial charge is 0.323 e. The maximum Gasteiger partial charge on any atom is 0.323 e. The van der Waals surface area contributed by atoms with Crippen LogP contribution in [0, 0.1) is 5.92 Å². The van der Waals surface area contributed by atoms with E-state index in [0.717, 1.165) is 25.7 Å². The van der Waals surface area contributed by atoms with Crippen molar-refractivity contribution in [1.82, 2.24) is 4.90 Å². The van der Waals surface area contributed by atoms with Crippen LogP contribution in [0.2, 0.25) is 0 Å². The van der Waals surface area contributed by atoms with E-state index in [0.29, 0.717) is 0 Å². The number of amides is 1. The minimum atomic E-state index is -0.966. The highest BCUT2D eigenvalue weighted by atomic mass is 16.4. The molecule has 2 fully saturated rings. The van der Waals surface area contributed by atoms with E-state index in [1.165, 1.54) is 4.90 Å². The summed E-state index contributed by atoms with van der Waals surface area (Å²) in [5, 5.41) is 8.79. The average molecular weight is 226 g/mol. The molecule has 0 aromatic rings. The quantitative estimate of drug-likeness (QED) is 0.701. The van der Waals surface area contributed by atoms with Gasteiger partial charge < -0.3 is 15.7 Å². The van der Waals surface area contributed by atoms with Crippen molar-refractivity contribution >= 4 is 11.9 Å². The van der Waals surface area contributed by atoms with E-state index >= 15 is 0 Å². The fourth-order valence-electron chi connectivity index (χ4n) is 2.07. The van der Waals surface area contributed by atoms with Gasteiger partial charge in [0.2, 0.25) is 5.91 Å². The monoisotopic (exact) mass is 226 g/mol. The third-order valence-corrected chi connectivity index (χ3v) is 3.44. The molecule has 0 heterocycles. The van der Waals surface area contributed by atoms with Gasteiger partial charge in [0.15, 0.2) is 0 Å². The van der Waals surface area contributed by atoms with Gasteiger partial charge in [-0.15, -0.1) is 0 Å². The molecule has 1 unspecified atom stereocenters. The van der Waals surface area contributed by atoms with Crippen molar-refractivity contribution in [2.75, 3.05) is 6.54 Å². The molecular weight excluding hydrogens is 208 g/mol. The molecule has 0 aromatic carbocycles. The van der Waals surface area contributed by atoms with Crippen molar-refractivity contribution in [3.63, 3.8) is 0 Å². The molecule has 0 bridgehead atoms. The highest BCUT2D eigenvalue weighted by molar-refractivity contribution is 5.89. The Labute approximate surface area is 94.6 Å². The van der Waals surface area contributed by atoms with Gasteiger partial charge in [-0.1, -0.05) is 0 Å². The Hall–Kier alpha value is -1.10. The van der Waals surface area contributed by atoms with Gasteiger partial charge in [0.05, 0.1) is 5.54 Å². The first-order valence-corrected chi connectivity index (χ1v) is 5.74. The van der Waals surface area contributed by atoms with Crippen LogP contribution in [0.1, 0.15) is 32.6 Å². The van der Waals surface area contributed by atoms with Gasteiger partial charge >= 0.3 is 5.97 Å². The van der Waals surface area contributed by atoms with Gasteiger partial charge in [0.25, 0.3) is 0 Å². The number of carbonyl (C=O) groups excluding carboxylic acids is 1. The number of nitrogens with two attached hydrogens (primary N) is 1. The number of hydrogen-bond acceptors (Lipinski definition) is 3. The van der Waals surface area contributed by atoms with Gasteiger partial charge in [-0.05, 0) is 38.5 Å². The number of nitrogens with zero attached hydrogens (tertiary/aromatic N) is 1. The molecule has 0 radical (unpaired) electrons. The second kappa shape index (κ2) is 3.73. The number of aliphatic carboxylic acids is 1. The van der Waals surface area contributed by atoms with E-state index in [1.54, 1.807) is 6.92 Å². The zero-order valence-electron chi connectivity index (χ0n) is 9.48. The molecule has 5 heteroatoms. The highest BCUT2D eigenvalue weighted by Gasteiger charge is 2.48. The molecule has 0 saturated heterocycles. The van der Waals surface area contributed by atoms with Gasteiger partial charge in [0.1, 0.15) is 6.54 Å². The van der Waals surface area contributed by atoms with Crippen molar-refractivity contribution in [3.05, 3.63) is 0 Å². The van der Waals surface area contributed by atoms with Gasteiger partial charge in [-0.2, -0.15) is 0 Å². The molecule has 1 atom stereocenters. The second-order valence-electron chi connectivity index (χ2n) is 5.11. The van der Waals surface area contributed by atoms with Crippen molar-refractivity contribution in [2.45, 2.75) is 44.2 Å². The van der Waals surface area contributed by atoms with E-state index in [1.807, 2.05) is 0 Å². The molecule has 1 amide bonds. The van der Waals surface area contributed by atoms with Crippen LogP contribution < -0.4 is 5.73 Å². The predicted octanol–water partition coefficient (Wildman–Crippen LogP) is 0.189. The Morgan fingerprint density at radius 2 is 1.94 bits per heavy atom. The van der Waals surface area contributed by atoms with Crippen LogP contribution in [-0.2, 0) is 9.59 Å². The first-order chi connectivity index (χ1) is 7.43. The van der Waals surface area contributed by atoms with Crippen LogP contribution in [-0.4, -0.2) is 40.0 Å². The summed E-state index contributed by atoms with van der Waals surface area (Å²) < 4.78 is 0. The molecule has 0 aliphatic heterocycles. The van der Waals surface area contributed by atoms with Crippen molar-refractivity contribution in [3.8, 4) is 0 Å². The van der Waals surface area contributed by atoms with Crippen molar-refractivity contribution < 1.29 is 14.7 Å². The molecule has 16 heavy (non-hydrogen) atoms. The molecular formula is C11H18N2O3. The summed E-state index contributed by atoms with van der Waals surface area (Å²) in [5.41, 5.74) is 5.15. The van der Waals surface area contributed by atoms with E-state index in [9.17, 15) is 9.59 Å². The zero-order valence-corrected chi connectivity index (χ0v) is 9.48. The number of carboxylic acids is 1. The minimum Gasteiger partial charge on any atom is -0.480 e. The molecule has 2 aliphatic carbocycles. The fraction of sp³-hybridized carbons (Fsp3) is 0.818. The van der Waals surface area contributed by atoms with Gasteiger partial charge in [-0.3, -0.25) is 9.59 Å². The number of hydrogen-bond donors (Lipinski definition) is 2. The molecule has 5 nitrogen and oxygen atoms in total. The van der Waals surface area contributed by atoms with Crippen LogP contribution in [0.5, 0.6) is 0 Å². The first-order valence-electron chi connectivity index (χ1n) is 5.74. The fourth-order valence-corrected chi connectivity index (χ4v) is 2.07. The average Bonchev–Trinajstić information content (AvgIpc) is 3.04. The summed E-state index contributed by atoms with van der Waals surface area (Å²) >= 11 is 0. The Morgan fingerprint density at radius 3 is 2.31 bits per heavy atom. The van der Waals surface area contributed by atoms with Crippen LogP contribution in [0.4, 0.5) is 0 Å². The minimum absolute atomic E-state index is 0.102. The van der Waals surface area contributed by atoms with E-state index < -0.39 is 11.5 Å². The van der Waals surface area contributed by atoms with Crippen LogP contribution >= 0.6 is 0 Å². The van der Waals surface area contributed by atoms with E-state index in [-0.39, 0.29) is 24.4 Å². The third kappa shape index (κ3) is 2.19. The lowest BCUT2D eigenvalue weighted by Gasteiger charge is -2.31. The highest BCUT2D eigenvalue weighted by Crippen LogP contribution is 2.40. The lowest BCUT2D eigenvalue weighted by Crippen LogP contribution is -2.56.